The lowest BCUT2D eigenvalue weighted by Crippen LogP contribution is -2.10. The van der Waals surface area contributed by atoms with Gasteiger partial charge in [0.15, 0.2) is 0 Å². The molecule has 88 valence electrons. The summed E-state index contributed by atoms with van der Waals surface area (Å²) in [5.74, 6) is 0.683. The Bertz CT molecular complexity index is 371. The van der Waals surface area contributed by atoms with Crippen molar-refractivity contribution in [2.24, 2.45) is 5.73 Å². The van der Waals surface area contributed by atoms with E-state index in [1.165, 1.54) is 0 Å². The lowest BCUT2D eigenvalue weighted by molar-refractivity contribution is 0.253. The van der Waals surface area contributed by atoms with Crippen LogP contribution in [0.1, 0.15) is 18.4 Å². The molecule has 0 aliphatic rings. The third-order valence-electron chi connectivity index (χ3n) is 2.03. The van der Waals surface area contributed by atoms with Crippen LogP contribution in [0, 0.1) is 0 Å². The summed E-state index contributed by atoms with van der Waals surface area (Å²) in [5, 5.41) is 9.09. The van der Waals surface area contributed by atoms with Gasteiger partial charge in [-0.25, -0.2) is 0 Å². The highest BCUT2D eigenvalue weighted by molar-refractivity contribution is 7.80. The van der Waals surface area contributed by atoms with E-state index in [0.717, 1.165) is 12.8 Å². The number of hydrogen-bond donors (Lipinski definition) is 2. The molecule has 16 heavy (non-hydrogen) atoms. The first-order valence-corrected chi connectivity index (χ1v) is 5.77. The van der Waals surface area contributed by atoms with Crippen molar-refractivity contribution in [3.63, 3.8) is 0 Å². The summed E-state index contributed by atoms with van der Waals surface area (Å²) >= 11 is 10.8. The van der Waals surface area contributed by atoms with Gasteiger partial charge in [-0.3, -0.25) is 0 Å². The van der Waals surface area contributed by atoms with Gasteiger partial charge in [0.2, 0.25) is 0 Å². The summed E-state index contributed by atoms with van der Waals surface area (Å²) in [7, 11) is 0. The molecule has 0 amide bonds. The fraction of sp³-hybridized carbons (Fsp3) is 0.364. The molecule has 0 atom stereocenters. The second kappa shape index (κ2) is 6.68. The third kappa shape index (κ3) is 3.96. The lowest BCUT2D eigenvalue weighted by Gasteiger charge is -2.08. The minimum atomic E-state index is 0.185. The van der Waals surface area contributed by atoms with Crippen LogP contribution in [-0.4, -0.2) is 23.3 Å². The van der Waals surface area contributed by atoms with Gasteiger partial charge in [-0.05, 0) is 31.0 Å². The monoisotopic (exact) mass is 259 g/mol. The molecule has 0 saturated carbocycles. The number of unbranched alkanes of at least 4 members (excludes halogenated alkanes) is 1. The maximum Gasteiger partial charge on any atom is 0.120 e. The first-order chi connectivity index (χ1) is 7.65. The third-order valence-corrected chi connectivity index (χ3v) is 2.56. The van der Waals surface area contributed by atoms with Gasteiger partial charge in [-0.15, -0.1) is 0 Å². The Hall–Kier alpha value is -0.840. The van der Waals surface area contributed by atoms with Gasteiger partial charge in [-0.2, -0.15) is 0 Å². The largest absolute Gasteiger partial charge is 0.494 e. The van der Waals surface area contributed by atoms with Crippen molar-refractivity contribution in [1.29, 1.82) is 0 Å². The van der Waals surface area contributed by atoms with Crippen LogP contribution in [0.3, 0.4) is 0 Å². The number of benzene rings is 1. The van der Waals surface area contributed by atoms with E-state index < -0.39 is 0 Å². The van der Waals surface area contributed by atoms with Crippen molar-refractivity contribution in [2.45, 2.75) is 12.8 Å². The smallest absolute Gasteiger partial charge is 0.120 e. The van der Waals surface area contributed by atoms with Crippen molar-refractivity contribution in [3.8, 4) is 5.75 Å². The number of halogens is 1. The summed E-state index contributed by atoms with van der Waals surface area (Å²) in [6.07, 6.45) is 1.55. The van der Waals surface area contributed by atoms with E-state index in [1.54, 1.807) is 18.2 Å². The number of aliphatic hydroxyl groups is 1. The molecular weight excluding hydrogens is 246 g/mol. The fourth-order valence-electron chi connectivity index (χ4n) is 1.19. The quantitative estimate of drug-likeness (QED) is 0.607. The lowest BCUT2D eigenvalue weighted by atomic mass is 10.2. The van der Waals surface area contributed by atoms with Crippen molar-refractivity contribution >= 4 is 28.8 Å². The highest BCUT2D eigenvalue weighted by Gasteiger charge is 2.04. The van der Waals surface area contributed by atoms with E-state index in [4.69, 9.17) is 39.4 Å². The number of hydrogen-bond acceptors (Lipinski definition) is 3. The molecule has 0 fully saturated rings. The number of ether oxygens (including phenoxy) is 1. The highest BCUT2D eigenvalue weighted by Crippen LogP contribution is 2.22. The Morgan fingerprint density at radius 2 is 2.19 bits per heavy atom. The molecular formula is C11H14ClNO2S. The number of nitrogens with two attached hydrogens (primary N) is 1. The van der Waals surface area contributed by atoms with Crippen LogP contribution in [-0.2, 0) is 0 Å². The molecule has 3 N–H and O–H groups in total. The second-order valence-corrected chi connectivity index (χ2v) is 4.13. The number of aliphatic hydroxyl groups excluding tert-OH is 1. The summed E-state index contributed by atoms with van der Waals surface area (Å²) in [4.78, 5) is 0.275. The van der Waals surface area contributed by atoms with Gasteiger partial charge >= 0.3 is 0 Å². The second-order valence-electron chi connectivity index (χ2n) is 3.29. The van der Waals surface area contributed by atoms with Crippen molar-refractivity contribution in [2.75, 3.05) is 13.2 Å². The molecule has 1 aromatic carbocycles. The van der Waals surface area contributed by atoms with Gasteiger partial charge in [0, 0.05) is 12.2 Å². The van der Waals surface area contributed by atoms with Gasteiger partial charge in [0.05, 0.1) is 11.6 Å². The topological polar surface area (TPSA) is 55.5 Å². The van der Waals surface area contributed by atoms with Crippen LogP contribution in [0.2, 0.25) is 5.02 Å². The van der Waals surface area contributed by atoms with Crippen molar-refractivity contribution < 1.29 is 9.84 Å². The fourth-order valence-corrected chi connectivity index (χ4v) is 1.70. The summed E-state index contributed by atoms with van der Waals surface area (Å²) in [5.41, 5.74) is 6.13. The van der Waals surface area contributed by atoms with E-state index in [9.17, 15) is 0 Å². The standard InChI is InChI=1S/C11H14ClNO2S/c12-10-7-8(15-6-2-1-5-14)3-4-9(10)11(13)16/h3-4,7,14H,1-2,5-6H2,(H2,13,16). The van der Waals surface area contributed by atoms with E-state index in [2.05, 4.69) is 0 Å². The Morgan fingerprint density at radius 3 is 2.75 bits per heavy atom. The van der Waals surface area contributed by atoms with Gasteiger partial charge in [0.25, 0.3) is 0 Å². The molecule has 3 nitrogen and oxygen atoms in total. The molecule has 0 bridgehead atoms. The maximum atomic E-state index is 8.60. The molecule has 1 rings (SSSR count). The van der Waals surface area contributed by atoms with Crippen LogP contribution in [0.5, 0.6) is 5.75 Å². The molecule has 0 aliphatic heterocycles. The molecule has 0 aromatic heterocycles. The average Bonchev–Trinajstić information content (AvgIpc) is 2.24. The highest BCUT2D eigenvalue weighted by atomic mass is 35.5. The summed E-state index contributed by atoms with van der Waals surface area (Å²) in [6, 6.07) is 5.21. The molecule has 0 spiro atoms. The van der Waals surface area contributed by atoms with Crippen LogP contribution in [0.4, 0.5) is 0 Å². The molecule has 0 radical (unpaired) electrons. The van der Waals surface area contributed by atoms with Crippen LogP contribution < -0.4 is 10.5 Å². The molecule has 1 aromatic rings. The maximum absolute atomic E-state index is 8.60. The zero-order chi connectivity index (χ0) is 12.0. The van der Waals surface area contributed by atoms with E-state index in [-0.39, 0.29) is 11.6 Å². The van der Waals surface area contributed by atoms with Crippen molar-refractivity contribution in [3.05, 3.63) is 28.8 Å². The summed E-state index contributed by atoms with van der Waals surface area (Å²) < 4.78 is 5.44. The van der Waals surface area contributed by atoms with Crippen LogP contribution >= 0.6 is 23.8 Å². The Morgan fingerprint density at radius 1 is 1.44 bits per heavy atom. The van der Waals surface area contributed by atoms with Crippen molar-refractivity contribution in [1.82, 2.24) is 0 Å². The first-order valence-electron chi connectivity index (χ1n) is 4.98. The zero-order valence-electron chi connectivity index (χ0n) is 8.78. The predicted molar refractivity (Wildman–Crippen MR) is 69.2 cm³/mol. The number of rotatable bonds is 6. The Balaban J connectivity index is 2.56. The Kier molecular flexibility index (Phi) is 5.52. The molecule has 0 heterocycles. The predicted octanol–water partition coefficient (Wildman–Crippen LogP) is 2.13. The molecule has 0 unspecified atom stereocenters. The van der Waals surface area contributed by atoms with E-state index >= 15 is 0 Å². The minimum absolute atomic E-state index is 0.185. The zero-order valence-corrected chi connectivity index (χ0v) is 10.4. The van der Waals surface area contributed by atoms with Gasteiger partial charge in [0.1, 0.15) is 10.7 Å². The molecule has 0 saturated heterocycles. The minimum Gasteiger partial charge on any atom is -0.494 e. The summed E-state index contributed by atoms with van der Waals surface area (Å²) in [6.45, 7) is 0.744. The molecule has 5 heteroatoms. The molecule has 0 aliphatic carbocycles. The van der Waals surface area contributed by atoms with E-state index in [1.807, 2.05) is 0 Å². The SMILES string of the molecule is NC(=S)c1ccc(OCCCCO)cc1Cl. The Labute approximate surface area is 105 Å². The van der Waals surface area contributed by atoms with E-state index in [0.29, 0.717) is 22.9 Å². The van der Waals surface area contributed by atoms with Crippen LogP contribution in [0.15, 0.2) is 18.2 Å². The number of thiocarbonyl (C=S) groups is 1. The van der Waals surface area contributed by atoms with Gasteiger partial charge < -0.3 is 15.6 Å². The first kappa shape index (κ1) is 13.2. The average molecular weight is 260 g/mol. The van der Waals surface area contributed by atoms with Gasteiger partial charge in [-0.1, -0.05) is 23.8 Å². The van der Waals surface area contributed by atoms with Crippen LogP contribution in [0.25, 0.3) is 0 Å². The normalized spacial score (nSPS) is 10.1.